The number of fused-ring (bicyclic) bond motifs is 2. The predicted octanol–water partition coefficient (Wildman–Crippen LogP) is 12.8. The van der Waals surface area contributed by atoms with Gasteiger partial charge in [0, 0.05) is 46.8 Å². The number of nitrogens with zero attached hydrogens (tertiary/aromatic N) is 2. The summed E-state index contributed by atoms with van der Waals surface area (Å²) in [5.74, 6) is 7.53. The van der Waals surface area contributed by atoms with Crippen molar-refractivity contribution in [3.8, 4) is 22.3 Å². The Kier molecular flexibility index (Phi) is 13.4. The Labute approximate surface area is 318 Å². The van der Waals surface area contributed by atoms with Crippen LogP contribution in [0.1, 0.15) is 143 Å². The topological polar surface area (TPSA) is 37.4 Å². The third-order valence-corrected chi connectivity index (χ3v) is 12.8. The van der Waals surface area contributed by atoms with E-state index in [-0.39, 0.29) is 22.2 Å². The maximum absolute atomic E-state index is 10.0. The maximum atomic E-state index is 10.0. The molecule has 0 saturated heterocycles. The lowest BCUT2D eigenvalue weighted by atomic mass is 9.84. The van der Waals surface area contributed by atoms with Crippen LogP contribution >= 0.6 is 10.4 Å². The van der Waals surface area contributed by atoms with Crippen molar-refractivity contribution in [2.24, 2.45) is 10.8 Å². The molecule has 0 saturated carbocycles. The summed E-state index contributed by atoms with van der Waals surface area (Å²) in [5, 5.41) is 17.9. The van der Waals surface area contributed by atoms with Crippen LogP contribution in [0.15, 0.2) is 72.2 Å². The van der Waals surface area contributed by atoms with E-state index in [9.17, 15) is 5.11 Å². The second-order valence-corrected chi connectivity index (χ2v) is 19.5. The van der Waals surface area contributed by atoms with E-state index in [0.29, 0.717) is 13.0 Å². The number of aromatic nitrogens is 1. The van der Waals surface area contributed by atoms with Crippen LogP contribution in [0.4, 0.5) is 0 Å². The molecule has 2 aliphatic heterocycles. The molecule has 3 heterocycles. The quantitative estimate of drug-likeness (QED) is 0.120. The van der Waals surface area contributed by atoms with E-state index in [1.165, 1.54) is 40.9 Å². The van der Waals surface area contributed by atoms with Crippen LogP contribution in [0, 0.1) is 47.0 Å². The minimum atomic E-state index is -2.31. The highest BCUT2D eigenvalue weighted by atomic mass is 32.3. The molecule has 1 atom stereocenters. The Morgan fingerprint density at radius 2 is 1.63 bits per heavy atom. The van der Waals surface area contributed by atoms with E-state index < -0.39 is 10.4 Å². The van der Waals surface area contributed by atoms with Crippen molar-refractivity contribution in [3.05, 3.63) is 94.7 Å². The molecule has 4 nitrogen and oxygen atoms in total. The van der Waals surface area contributed by atoms with Gasteiger partial charge in [-0.15, -0.1) is 3.98 Å². The largest absolute Gasteiger partial charge is 0.513 e. The Morgan fingerprint density at radius 3 is 2.29 bits per heavy atom. The first-order valence-electron chi connectivity index (χ1n) is 19.2. The van der Waals surface area contributed by atoms with Gasteiger partial charge in [0.1, 0.15) is 6.61 Å². The maximum Gasteiger partial charge on any atom is 0.229 e. The van der Waals surface area contributed by atoms with E-state index in [2.05, 4.69) is 168 Å². The van der Waals surface area contributed by atoms with Crippen molar-refractivity contribution in [2.75, 3.05) is 6.61 Å². The highest BCUT2D eigenvalue weighted by Crippen LogP contribution is 2.60. The van der Waals surface area contributed by atoms with Crippen molar-refractivity contribution in [2.45, 2.75) is 140 Å². The first-order chi connectivity index (χ1) is 24.4. The van der Waals surface area contributed by atoms with Crippen LogP contribution < -0.4 is 0 Å². The summed E-state index contributed by atoms with van der Waals surface area (Å²) in [5.41, 5.74) is 9.71. The average molecular weight is 722 g/mol. The molecule has 1 aromatic heterocycles. The first-order valence-corrected chi connectivity index (χ1v) is 20.8. The van der Waals surface area contributed by atoms with Crippen molar-refractivity contribution in [1.29, 1.82) is 0 Å². The van der Waals surface area contributed by atoms with Gasteiger partial charge in [0.2, 0.25) is 11.4 Å². The van der Waals surface area contributed by atoms with Crippen molar-refractivity contribution < 1.29 is 13.8 Å². The molecular weight excluding hydrogens is 657 g/mol. The van der Waals surface area contributed by atoms with Crippen LogP contribution in [0.5, 0.6) is 0 Å². The highest BCUT2D eigenvalue weighted by Gasteiger charge is 2.51. The predicted molar refractivity (Wildman–Crippen MR) is 226 cm³/mol. The van der Waals surface area contributed by atoms with E-state index in [4.69, 9.17) is 4.74 Å². The van der Waals surface area contributed by atoms with Gasteiger partial charge in [-0.25, -0.2) is 3.97 Å². The zero-order valence-corrected chi connectivity index (χ0v) is 34.9. The molecule has 5 heteroatoms. The minimum Gasteiger partial charge on any atom is -0.513 e. The van der Waals surface area contributed by atoms with Gasteiger partial charge in [-0.1, -0.05) is 96.7 Å². The number of hydrogen-bond acceptors (Lipinski definition) is 2. The summed E-state index contributed by atoms with van der Waals surface area (Å²) < 4.78 is 11.5. The Bertz CT molecular complexity index is 1870. The molecule has 0 spiro atoms. The lowest BCUT2D eigenvalue weighted by Crippen LogP contribution is -2.30. The van der Waals surface area contributed by atoms with E-state index in [1.807, 2.05) is 0 Å². The second-order valence-electron chi connectivity index (χ2n) is 17.3. The van der Waals surface area contributed by atoms with Gasteiger partial charge in [-0.3, -0.25) is 0 Å². The van der Waals surface area contributed by atoms with Gasteiger partial charge in [0.05, 0.1) is 22.6 Å². The van der Waals surface area contributed by atoms with Gasteiger partial charge < -0.3 is 9.84 Å². The zero-order chi connectivity index (χ0) is 38.3. The van der Waals surface area contributed by atoms with Crippen LogP contribution in [-0.2, 0) is 4.74 Å². The SMILES string of the molecule is C=C(O)CCCC1=C2C(C)=CC(/C=C/c3ccccc3)=[N+]2S(C#CCCC(C)(C)CCC)(C#CCOC(C)(C)CCC(C)(C)C)n2c(C)cc(C)c21. The summed E-state index contributed by atoms with van der Waals surface area (Å²) in [6, 6.07) is 12.8. The molecule has 52 heavy (non-hydrogen) atoms. The monoisotopic (exact) mass is 721 g/mol. The normalized spacial score (nSPS) is 18.6. The van der Waals surface area contributed by atoms with Crippen LogP contribution in [-0.4, -0.2) is 31.0 Å². The number of ether oxygens (including phenoxy) is 1. The highest BCUT2D eigenvalue weighted by molar-refractivity contribution is 8.35. The second kappa shape index (κ2) is 17.0. The van der Waals surface area contributed by atoms with Crippen molar-refractivity contribution in [1.82, 2.24) is 3.97 Å². The summed E-state index contributed by atoms with van der Waals surface area (Å²) in [7, 11) is -2.31. The molecule has 2 aliphatic rings. The lowest BCUT2D eigenvalue weighted by molar-refractivity contribution is -0.283. The molecule has 1 unspecified atom stereocenters. The third-order valence-electron chi connectivity index (χ3n) is 10.0. The van der Waals surface area contributed by atoms with Gasteiger partial charge >= 0.3 is 0 Å². The number of rotatable bonds is 14. The number of allylic oxidation sites excluding steroid dienone is 5. The van der Waals surface area contributed by atoms with Gasteiger partial charge in [0.25, 0.3) is 0 Å². The average Bonchev–Trinajstić information content (AvgIpc) is 3.56. The number of aliphatic hydroxyl groups excluding tert-OH is 1. The van der Waals surface area contributed by atoms with Crippen LogP contribution in [0.25, 0.3) is 11.6 Å². The van der Waals surface area contributed by atoms with Crippen LogP contribution in [0.3, 0.4) is 0 Å². The molecule has 0 bridgehead atoms. The molecule has 0 amide bonds. The van der Waals surface area contributed by atoms with Crippen molar-refractivity contribution in [3.63, 3.8) is 0 Å². The molecule has 280 valence electrons. The van der Waals surface area contributed by atoms with Gasteiger partial charge in [-0.2, -0.15) is 0 Å². The van der Waals surface area contributed by atoms with E-state index in [0.717, 1.165) is 55.5 Å². The molecular formula is C47H65N2O2S+. The zero-order valence-electron chi connectivity index (χ0n) is 34.1. The summed E-state index contributed by atoms with van der Waals surface area (Å²) >= 11 is 0. The molecule has 1 aromatic carbocycles. The Balaban J connectivity index is 1.97. The fraction of sp³-hybridized carbons (Fsp3) is 0.511. The third kappa shape index (κ3) is 10.3. The standard InChI is InChI=1S/C47H64N2O2S/c1-13-27-46(9,10)28-17-18-32-52(33-20-31-51-47(11,12)30-29-45(6,7)8)48-38(4)34-36(2)43(48)42(24-19-21-39(5)50)44-37(3)35-41(49(44)52)26-25-40-22-15-14-16-23-40/h14-16,22-23,25-26,34-35H,5,13,17,19,21,24,27-31H2,1-4,6-12H3/p+1/b26-25+. The smallest absolute Gasteiger partial charge is 0.229 e. The molecule has 0 fully saturated rings. The van der Waals surface area contributed by atoms with E-state index in [1.54, 1.807) is 0 Å². The van der Waals surface area contributed by atoms with E-state index >= 15 is 0 Å². The molecule has 2 aromatic rings. The Hall–Kier alpha value is -3.64. The fourth-order valence-electron chi connectivity index (χ4n) is 7.19. The Morgan fingerprint density at radius 1 is 0.942 bits per heavy atom. The number of benzene rings is 1. The number of aryl methyl sites for hydroxylation is 2. The summed E-state index contributed by atoms with van der Waals surface area (Å²) in [4.78, 5) is 0. The minimum absolute atomic E-state index is 0.228. The van der Waals surface area contributed by atoms with Crippen LogP contribution in [0.2, 0.25) is 0 Å². The summed E-state index contributed by atoms with van der Waals surface area (Å²) in [6.45, 7) is 29.0. The number of hydrogen-bond donors (Lipinski definition) is 1. The molecule has 1 N–H and O–H groups in total. The van der Waals surface area contributed by atoms with Gasteiger partial charge in [-0.05, 0) is 107 Å². The van der Waals surface area contributed by atoms with Crippen molar-refractivity contribution >= 4 is 27.8 Å². The molecule has 4 rings (SSSR count). The fourth-order valence-corrected chi connectivity index (χ4v) is 10.3. The molecule has 0 aliphatic carbocycles. The summed E-state index contributed by atoms with van der Waals surface area (Å²) in [6.07, 6.45) is 15.2. The first kappa shape index (κ1) is 41.1. The molecule has 0 radical (unpaired) electrons. The van der Waals surface area contributed by atoms with Gasteiger partial charge in [0.15, 0.2) is 10.4 Å². The lowest BCUT2D eigenvalue weighted by Gasteiger charge is -2.35. The number of aliphatic hydroxyl groups is 1.